The van der Waals surface area contributed by atoms with Crippen molar-refractivity contribution in [2.45, 2.75) is 71.6 Å². The highest BCUT2D eigenvalue weighted by Gasteiger charge is 2.38. The molecule has 0 spiro atoms. The van der Waals surface area contributed by atoms with Crippen LogP contribution < -0.4 is 11.1 Å². The van der Waals surface area contributed by atoms with Crippen molar-refractivity contribution < 1.29 is 19.1 Å². The fourth-order valence-electron chi connectivity index (χ4n) is 2.62. The van der Waals surface area contributed by atoms with Gasteiger partial charge in [-0.15, -0.1) is 0 Å². The zero-order valence-corrected chi connectivity index (χ0v) is 14.7. The molecule has 0 aromatic heterocycles. The second kappa shape index (κ2) is 7.66. The van der Waals surface area contributed by atoms with E-state index in [1.807, 2.05) is 13.8 Å². The van der Waals surface area contributed by atoms with Crippen LogP contribution in [0.5, 0.6) is 0 Å². The number of likely N-dealkylation sites (tertiary alicyclic amines) is 1. The van der Waals surface area contributed by atoms with E-state index in [1.54, 1.807) is 20.8 Å². The minimum Gasteiger partial charge on any atom is -0.444 e. The van der Waals surface area contributed by atoms with E-state index in [4.69, 9.17) is 10.5 Å². The predicted octanol–water partition coefficient (Wildman–Crippen LogP) is 1.40. The van der Waals surface area contributed by atoms with Crippen molar-refractivity contribution in [3.8, 4) is 0 Å². The topological polar surface area (TPSA) is 102 Å². The number of rotatable bonds is 5. The maximum Gasteiger partial charge on any atom is 0.408 e. The number of alkyl carbamates (subject to hydrolysis) is 1. The van der Waals surface area contributed by atoms with Crippen molar-refractivity contribution in [3.63, 3.8) is 0 Å². The zero-order chi connectivity index (χ0) is 17.8. The minimum absolute atomic E-state index is 0.0795. The van der Waals surface area contributed by atoms with Gasteiger partial charge in [0.15, 0.2) is 0 Å². The Kier molecular flexibility index (Phi) is 6.41. The summed E-state index contributed by atoms with van der Waals surface area (Å²) < 4.78 is 5.24. The number of carbonyl (C=O) groups excluding carboxylic acids is 3. The Morgan fingerprint density at radius 3 is 2.43 bits per heavy atom. The van der Waals surface area contributed by atoms with Gasteiger partial charge in [0.2, 0.25) is 11.8 Å². The van der Waals surface area contributed by atoms with E-state index < -0.39 is 29.7 Å². The first kappa shape index (κ1) is 19.3. The van der Waals surface area contributed by atoms with Crippen molar-refractivity contribution in [3.05, 3.63) is 0 Å². The summed E-state index contributed by atoms with van der Waals surface area (Å²) in [7, 11) is 0. The minimum atomic E-state index is -0.727. The third-order valence-electron chi connectivity index (χ3n) is 4.02. The van der Waals surface area contributed by atoms with Gasteiger partial charge in [-0.2, -0.15) is 0 Å². The average Bonchev–Trinajstić information content (AvgIpc) is 2.90. The number of nitrogens with two attached hydrogens (primary N) is 1. The third-order valence-corrected chi connectivity index (χ3v) is 4.02. The van der Waals surface area contributed by atoms with Crippen LogP contribution in [0.15, 0.2) is 0 Å². The molecule has 0 aromatic carbocycles. The Hall–Kier alpha value is -1.79. The monoisotopic (exact) mass is 327 g/mol. The molecule has 1 saturated heterocycles. The van der Waals surface area contributed by atoms with E-state index >= 15 is 0 Å². The Bertz CT molecular complexity index is 459. The van der Waals surface area contributed by atoms with Crippen molar-refractivity contribution in [2.24, 2.45) is 11.7 Å². The summed E-state index contributed by atoms with van der Waals surface area (Å²) in [6.45, 7) is 9.59. The van der Waals surface area contributed by atoms with Gasteiger partial charge >= 0.3 is 6.09 Å². The highest BCUT2D eigenvalue weighted by Crippen LogP contribution is 2.21. The second-order valence-electron chi connectivity index (χ2n) is 7.10. The van der Waals surface area contributed by atoms with Crippen LogP contribution in [0.4, 0.5) is 4.79 Å². The molecule has 23 heavy (non-hydrogen) atoms. The number of amides is 3. The van der Waals surface area contributed by atoms with Gasteiger partial charge in [-0.3, -0.25) is 9.59 Å². The van der Waals surface area contributed by atoms with Gasteiger partial charge in [-0.25, -0.2) is 4.79 Å². The van der Waals surface area contributed by atoms with Crippen molar-refractivity contribution in [1.29, 1.82) is 0 Å². The number of hydrogen-bond donors (Lipinski definition) is 2. The van der Waals surface area contributed by atoms with E-state index in [9.17, 15) is 14.4 Å². The number of nitrogens with zero attached hydrogens (tertiary/aromatic N) is 1. The van der Waals surface area contributed by atoms with Gasteiger partial charge in [0.25, 0.3) is 0 Å². The largest absolute Gasteiger partial charge is 0.444 e. The quantitative estimate of drug-likeness (QED) is 0.797. The summed E-state index contributed by atoms with van der Waals surface area (Å²) in [6.07, 6.45) is 1.38. The first-order valence-corrected chi connectivity index (χ1v) is 8.16. The molecule has 0 bridgehead atoms. The van der Waals surface area contributed by atoms with Crippen LogP contribution >= 0.6 is 0 Å². The highest BCUT2D eigenvalue weighted by atomic mass is 16.6. The SMILES string of the molecule is CCC(C)C(NC(=O)OC(C)(C)C)C(=O)N1CCCC1C(N)=O. The van der Waals surface area contributed by atoms with Gasteiger partial charge in [0, 0.05) is 6.54 Å². The molecule has 0 aromatic rings. The molecular weight excluding hydrogens is 298 g/mol. The molecule has 1 fully saturated rings. The molecule has 7 nitrogen and oxygen atoms in total. The van der Waals surface area contributed by atoms with Gasteiger partial charge in [0.05, 0.1) is 0 Å². The number of nitrogens with one attached hydrogen (secondary N) is 1. The molecule has 1 aliphatic rings. The summed E-state index contributed by atoms with van der Waals surface area (Å²) in [6, 6.07) is -1.32. The zero-order valence-electron chi connectivity index (χ0n) is 14.7. The highest BCUT2D eigenvalue weighted by molar-refractivity contribution is 5.91. The summed E-state index contributed by atoms with van der Waals surface area (Å²) in [4.78, 5) is 37.8. The molecule has 132 valence electrons. The third kappa shape index (κ3) is 5.41. The van der Waals surface area contributed by atoms with E-state index in [0.29, 0.717) is 19.4 Å². The Balaban J connectivity index is 2.87. The second-order valence-corrected chi connectivity index (χ2v) is 7.10. The van der Waals surface area contributed by atoms with Crippen LogP contribution in [0, 0.1) is 5.92 Å². The van der Waals surface area contributed by atoms with Crippen LogP contribution in [0.1, 0.15) is 53.9 Å². The van der Waals surface area contributed by atoms with Crippen molar-refractivity contribution in [1.82, 2.24) is 10.2 Å². The van der Waals surface area contributed by atoms with Gasteiger partial charge in [0.1, 0.15) is 17.7 Å². The molecule has 3 N–H and O–H groups in total. The number of carbonyl (C=O) groups is 3. The lowest BCUT2D eigenvalue weighted by Gasteiger charge is -2.31. The molecule has 0 radical (unpaired) electrons. The first-order chi connectivity index (χ1) is 10.6. The van der Waals surface area contributed by atoms with Crippen LogP contribution in [0.2, 0.25) is 0 Å². The van der Waals surface area contributed by atoms with Crippen LogP contribution in [0.3, 0.4) is 0 Å². The normalized spacial score (nSPS) is 20.7. The fourth-order valence-corrected chi connectivity index (χ4v) is 2.62. The maximum absolute atomic E-state index is 12.8. The van der Waals surface area contributed by atoms with Crippen LogP contribution in [0.25, 0.3) is 0 Å². The lowest BCUT2D eigenvalue weighted by Crippen LogP contribution is -2.55. The van der Waals surface area contributed by atoms with Gasteiger partial charge in [-0.05, 0) is 39.5 Å². The molecule has 1 rings (SSSR count). The predicted molar refractivity (Wildman–Crippen MR) is 86.5 cm³/mol. The number of primary amides is 1. The maximum atomic E-state index is 12.8. The molecule has 1 aliphatic heterocycles. The number of hydrogen-bond acceptors (Lipinski definition) is 4. The summed E-state index contributed by atoms with van der Waals surface area (Å²) in [5.41, 5.74) is 4.73. The molecular formula is C16H29N3O4. The Morgan fingerprint density at radius 1 is 1.35 bits per heavy atom. The summed E-state index contributed by atoms with van der Waals surface area (Å²) in [5.74, 6) is -0.855. The molecule has 3 amide bonds. The van der Waals surface area contributed by atoms with Crippen LogP contribution in [-0.4, -0.2) is 47.0 Å². The summed E-state index contributed by atoms with van der Waals surface area (Å²) >= 11 is 0. The van der Waals surface area contributed by atoms with Gasteiger partial charge in [-0.1, -0.05) is 20.3 Å². The first-order valence-electron chi connectivity index (χ1n) is 8.16. The molecule has 1 heterocycles. The van der Waals surface area contributed by atoms with Gasteiger partial charge < -0.3 is 20.7 Å². The van der Waals surface area contributed by atoms with Crippen molar-refractivity contribution >= 4 is 17.9 Å². The van der Waals surface area contributed by atoms with E-state index in [1.165, 1.54) is 4.90 Å². The molecule has 3 unspecified atom stereocenters. The Labute approximate surface area is 137 Å². The van der Waals surface area contributed by atoms with E-state index in [0.717, 1.165) is 6.42 Å². The molecule has 0 aliphatic carbocycles. The Morgan fingerprint density at radius 2 is 1.96 bits per heavy atom. The molecule has 3 atom stereocenters. The fraction of sp³-hybridized carbons (Fsp3) is 0.812. The van der Waals surface area contributed by atoms with Crippen molar-refractivity contribution in [2.75, 3.05) is 6.54 Å². The molecule has 7 heteroatoms. The number of ether oxygens (including phenoxy) is 1. The lowest BCUT2D eigenvalue weighted by atomic mass is 9.97. The average molecular weight is 327 g/mol. The summed E-state index contributed by atoms with van der Waals surface area (Å²) in [5, 5.41) is 2.66. The smallest absolute Gasteiger partial charge is 0.408 e. The van der Waals surface area contributed by atoms with Crippen LogP contribution in [-0.2, 0) is 14.3 Å². The standard InChI is InChI=1S/C16H29N3O4/c1-6-10(2)12(18-15(22)23-16(3,4)5)14(21)19-9-7-8-11(19)13(17)20/h10-12H,6-9H2,1-5H3,(H2,17,20)(H,18,22). The van der Waals surface area contributed by atoms with E-state index in [2.05, 4.69) is 5.32 Å². The lowest BCUT2D eigenvalue weighted by molar-refractivity contribution is -0.140. The molecule has 0 saturated carbocycles. The van der Waals surface area contributed by atoms with E-state index in [-0.39, 0.29) is 11.8 Å².